The Morgan fingerprint density at radius 2 is 0.855 bits per heavy atom. The fraction of sp³-hybridized carbons (Fsp3) is 0.369. The number of anilines is 2. The Bertz CT molecular complexity index is 5640. The molecule has 4 atom stereocenters. The predicted molar refractivity (Wildman–Crippen MR) is 534 cm³/mol. The number of aliphatic imine (C=N–C) groups is 1. The van der Waals surface area contributed by atoms with Gasteiger partial charge in [0.15, 0.2) is 46.0 Å². The van der Waals surface area contributed by atoms with Gasteiger partial charge in [-0.25, -0.2) is 4.79 Å². The van der Waals surface area contributed by atoms with Crippen LogP contribution in [0.15, 0.2) is 188 Å². The number of carbonyl (C=O) groups excluding carboxylic acids is 6. The lowest BCUT2D eigenvalue weighted by Gasteiger charge is -2.26. The summed E-state index contributed by atoms with van der Waals surface area (Å²) in [5.74, 6) is 3.72. The summed E-state index contributed by atoms with van der Waals surface area (Å²) in [5.41, 5.74) is 18.2. The maximum Gasteiger partial charge on any atom is 0.414 e. The van der Waals surface area contributed by atoms with Gasteiger partial charge in [-0.05, 0) is 166 Å². The van der Waals surface area contributed by atoms with Crippen LogP contribution in [0.3, 0.4) is 0 Å². The highest BCUT2D eigenvalue weighted by molar-refractivity contribution is 9.09. The molecule has 0 radical (unpaired) electrons. The molecule has 8 aromatic carbocycles. The molecule has 16 rings (SSSR count). The molecule has 28 heteroatoms. The number of amides is 6. The number of halogens is 4. The summed E-state index contributed by atoms with van der Waals surface area (Å²) < 4.78 is 57.2. The van der Waals surface area contributed by atoms with E-state index in [4.69, 9.17) is 47.4 Å². The van der Waals surface area contributed by atoms with Crippen molar-refractivity contribution in [2.45, 2.75) is 142 Å². The van der Waals surface area contributed by atoms with Gasteiger partial charge in [-0.1, -0.05) is 215 Å². The molecule has 0 bridgehead atoms. The third-order valence-corrected chi connectivity index (χ3v) is 27.7. The average molecular weight is 2050 g/mol. The third-order valence-electron chi connectivity index (χ3n) is 23.8. The minimum Gasteiger partial charge on any atom is -0.493 e. The van der Waals surface area contributed by atoms with Crippen LogP contribution in [0.4, 0.5) is 21.9 Å². The average Bonchev–Trinajstić information content (AvgIpc) is 1.61. The van der Waals surface area contributed by atoms with Crippen LogP contribution < -0.4 is 47.7 Å². The number of carbonyl (C=O) groups is 6. The Balaban J connectivity index is 0.000000150. The van der Waals surface area contributed by atoms with Crippen LogP contribution in [0.1, 0.15) is 149 Å². The fourth-order valence-corrected chi connectivity index (χ4v) is 18.2. The Kier molecular flexibility index (Phi) is 34.0. The SMILES string of the molecule is C=CCOC(=O)N1C[C@@H]2CC(c3ccc(C)cc3)=CN2C(=O)c2cc(OC)c(OCCCBr)cc21.COc1cc2c(cc1OCCCBr)CC[C@@H]1CC(c3ccc(C)cc3)=CN1C2=O.COc1cc2c(cc1OCCCBr)N(COCC[Si](C)(C)C)C(=O)[C@@H]1CC(c3ccc(C)cc3)=CN1C2=O.COc1cc2c(cc1OCCCBr)N=C[C@@H]1CC(c3ccc(C)cc3)=CN1C2=O. The van der Waals surface area contributed by atoms with E-state index in [-0.39, 0.29) is 67.5 Å². The highest BCUT2D eigenvalue weighted by Crippen LogP contribution is 2.47. The largest absolute Gasteiger partial charge is 0.493 e. The zero-order chi connectivity index (χ0) is 93.2. The Morgan fingerprint density at radius 3 is 1.34 bits per heavy atom. The second-order valence-corrected chi connectivity index (χ2v) is 43.1. The molecular weight excluding hydrogens is 1940 g/mol. The van der Waals surface area contributed by atoms with Crippen LogP contribution in [0.25, 0.3) is 22.3 Å². The number of fused-ring (bicyclic) bond motifs is 8. The van der Waals surface area contributed by atoms with E-state index in [1.807, 2.05) is 86.2 Å². The molecule has 0 aromatic heterocycles. The van der Waals surface area contributed by atoms with E-state index in [1.165, 1.54) is 45.9 Å². The van der Waals surface area contributed by atoms with Crippen LogP contribution in [0.2, 0.25) is 25.7 Å². The monoisotopic (exact) mass is 2050 g/mol. The van der Waals surface area contributed by atoms with Crippen molar-refractivity contribution in [2.24, 2.45) is 4.99 Å². The molecule has 23 nitrogen and oxygen atoms in total. The summed E-state index contributed by atoms with van der Waals surface area (Å²) in [6.45, 7) is 21.9. The van der Waals surface area contributed by atoms with E-state index < -0.39 is 20.2 Å². The Morgan fingerprint density at radius 1 is 0.458 bits per heavy atom. The van der Waals surface area contributed by atoms with Crippen molar-refractivity contribution in [1.29, 1.82) is 0 Å². The minimum absolute atomic E-state index is 0.0509. The summed E-state index contributed by atoms with van der Waals surface area (Å²) in [7, 11) is 4.98. The number of benzene rings is 8. The molecule has 0 N–H and O–H groups in total. The zero-order valence-corrected chi connectivity index (χ0v) is 83.6. The second kappa shape index (κ2) is 45.6. The van der Waals surface area contributed by atoms with Crippen molar-refractivity contribution in [2.75, 3.05) is 112 Å². The van der Waals surface area contributed by atoms with E-state index in [1.54, 1.807) is 77.3 Å². The summed E-state index contributed by atoms with van der Waals surface area (Å²) >= 11 is 13.6. The predicted octanol–water partition coefficient (Wildman–Crippen LogP) is 22.2. The smallest absolute Gasteiger partial charge is 0.414 e. The highest BCUT2D eigenvalue weighted by atomic mass is 79.9. The number of hydrogen-bond donors (Lipinski definition) is 0. The van der Waals surface area contributed by atoms with Gasteiger partial charge in [0.05, 0.1) is 107 Å². The first kappa shape index (κ1) is 97.8. The number of rotatable bonds is 31. The molecule has 0 saturated heterocycles. The lowest BCUT2D eigenvalue weighted by Crippen LogP contribution is -2.45. The first-order valence-corrected chi connectivity index (χ1v) is 52.5. The minimum atomic E-state index is -1.31. The first-order chi connectivity index (χ1) is 63.3. The number of aryl methyl sites for hydroxylation is 5. The molecule has 6 amide bonds. The zero-order valence-electron chi connectivity index (χ0n) is 76.3. The third kappa shape index (κ3) is 23.7. The lowest BCUT2D eigenvalue weighted by atomic mass is 9.97. The fourth-order valence-electron chi connectivity index (χ4n) is 16.5. The molecule has 690 valence electrons. The molecule has 0 saturated carbocycles. The maximum absolute atomic E-state index is 14.0. The Labute approximate surface area is 803 Å². The van der Waals surface area contributed by atoms with Gasteiger partial charge in [-0.15, -0.1) is 0 Å². The molecule has 0 spiro atoms. The van der Waals surface area contributed by atoms with Crippen LogP contribution in [-0.2, 0) is 20.7 Å². The molecule has 8 aliphatic heterocycles. The normalized spacial score (nSPS) is 17.3. The number of hydrogen-bond acceptors (Lipinski definition) is 17. The van der Waals surface area contributed by atoms with E-state index in [2.05, 4.69) is 182 Å². The molecule has 0 fully saturated rings. The summed E-state index contributed by atoms with van der Waals surface area (Å²) in [6, 6.07) is 47.7. The second-order valence-electron chi connectivity index (χ2n) is 34.3. The standard InChI is InChI=1S/C29H37BrN2O5Si.C27H29BrN2O5.C24H26BrNO3.C23H23BrN2O3/c1-20-7-9-21(10-8-20)22-15-25-29(34)32(19-36-13-14-38(3,4)5)24-17-27(37-12-6-11-30)26(35-2)16-23(24)28(33)31(25)18-22;1-4-11-35-27(32)30-17-21-13-20(19-8-6-18(2)7-9-19)16-29(21)26(31)22-14-24(33-3)25(15-23(22)30)34-12-5-10-28;1-16-4-6-17(7-5-16)19-12-20-9-8-18-13-23(29-11-3-10-25)22(28-2)14-21(18)24(27)26(20)15-19;1-15-4-6-16(7-5-15)17-10-18-13-25-20-12-22(29-9-3-8-24)21(28-2)11-19(20)23(27)26(18)14-17/h7-10,16-18,25H,6,11-15,19H2,1-5H3;4,6-9,14-16,21H,1,5,10-13,17H2,2-3H3;4-7,13-15,20H,3,8-12H2,1-2H3;4-7,11-14,18H,3,8-10H2,1-2H3/t25-;21-;20-;18-/m0010/s1. The lowest BCUT2D eigenvalue weighted by molar-refractivity contribution is -0.123. The van der Waals surface area contributed by atoms with Crippen molar-refractivity contribution >= 4 is 153 Å². The van der Waals surface area contributed by atoms with Crippen LogP contribution in [-0.4, -0.2) is 196 Å². The molecule has 8 heterocycles. The highest BCUT2D eigenvalue weighted by Gasteiger charge is 2.45. The van der Waals surface area contributed by atoms with Gasteiger partial charge in [0.25, 0.3) is 29.5 Å². The summed E-state index contributed by atoms with van der Waals surface area (Å²) in [6.07, 6.45) is 18.5. The number of nitrogens with zero attached hydrogens (tertiary/aromatic N) is 7. The molecule has 131 heavy (non-hydrogen) atoms. The van der Waals surface area contributed by atoms with E-state index in [0.29, 0.717) is 120 Å². The topological polar surface area (TPSA) is 227 Å². The first-order valence-electron chi connectivity index (χ1n) is 44.3. The number of ether oxygens (including phenoxy) is 10. The van der Waals surface area contributed by atoms with Gasteiger partial charge in [-0.3, -0.25) is 38.8 Å². The molecule has 0 unspecified atom stereocenters. The van der Waals surface area contributed by atoms with Gasteiger partial charge in [0.1, 0.15) is 19.4 Å². The van der Waals surface area contributed by atoms with Crippen LogP contribution >= 0.6 is 63.7 Å². The molecular formula is C103H115Br4N7O16Si. The molecule has 0 aliphatic carbocycles. The van der Waals surface area contributed by atoms with Crippen LogP contribution in [0, 0.1) is 27.7 Å². The van der Waals surface area contributed by atoms with E-state index >= 15 is 0 Å². The van der Waals surface area contributed by atoms with Gasteiger partial charge in [0.2, 0.25) is 0 Å². The number of methoxy groups -OCH3 is 4. The van der Waals surface area contributed by atoms with Crippen molar-refractivity contribution in [3.63, 3.8) is 0 Å². The quantitative estimate of drug-likeness (QED) is 0.0170. The van der Waals surface area contributed by atoms with Crippen molar-refractivity contribution in [3.8, 4) is 46.0 Å². The van der Waals surface area contributed by atoms with E-state index in [0.717, 1.165) is 135 Å². The van der Waals surface area contributed by atoms with Crippen molar-refractivity contribution in [1.82, 2.24) is 19.6 Å². The molecule has 8 aliphatic rings. The number of alkyl halides is 4. The maximum atomic E-state index is 14.0. The summed E-state index contributed by atoms with van der Waals surface area (Å²) in [5, 5.41) is 3.36. The van der Waals surface area contributed by atoms with Crippen molar-refractivity contribution < 1.29 is 76.1 Å². The molecule has 8 aromatic rings. The van der Waals surface area contributed by atoms with Gasteiger partial charge < -0.3 is 67.0 Å². The van der Waals surface area contributed by atoms with Crippen molar-refractivity contribution in [3.05, 3.63) is 255 Å². The van der Waals surface area contributed by atoms with Gasteiger partial charge in [-0.2, -0.15) is 0 Å². The Hall–Kier alpha value is -10.8. The summed E-state index contributed by atoms with van der Waals surface area (Å²) in [4.78, 5) is 96.2. The van der Waals surface area contributed by atoms with Crippen LogP contribution in [0.5, 0.6) is 46.0 Å². The van der Waals surface area contributed by atoms with Gasteiger partial charge >= 0.3 is 6.09 Å². The van der Waals surface area contributed by atoms with E-state index in [9.17, 15) is 28.8 Å². The van der Waals surface area contributed by atoms with Gasteiger partial charge in [0, 0.05) is 110 Å².